The van der Waals surface area contributed by atoms with Crippen LogP contribution in [0.4, 0.5) is 4.39 Å². The van der Waals surface area contributed by atoms with Gasteiger partial charge < -0.3 is 5.11 Å². The molecule has 1 heterocycles. The van der Waals surface area contributed by atoms with Crippen LogP contribution >= 0.6 is 0 Å². The fraction of sp³-hybridized carbons (Fsp3) is 0.0667. The minimum Gasteiger partial charge on any atom is -0.478 e. The van der Waals surface area contributed by atoms with Crippen molar-refractivity contribution in [3.63, 3.8) is 0 Å². The molecule has 0 radical (unpaired) electrons. The highest BCUT2D eigenvalue weighted by Gasteiger charge is 2.16. The van der Waals surface area contributed by atoms with Crippen molar-refractivity contribution in [1.29, 1.82) is 0 Å². The Balaban J connectivity index is 2.08. The first-order valence-electron chi connectivity index (χ1n) is 5.82. The third kappa shape index (κ3) is 2.01. The van der Waals surface area contributed by atoms with Crippen molar-refractivity contribution < 1.29 is 14.3 Å². The number of carbonyl (C=O) groups is 1. The lowest BCUT2D eigenvalue weighted by atomic mass is 9.99. The monoisotopic (exact) mass is 255 g/mol. The van der Waals surface area contributed by atoms with Gasteiger partial charge in [-0.3, -0.25) is 4.99 Å². The summed E-state index contributed by atoms with van der Waals surface area (Å²) >= 11 is 0. The maximum Gasteiger partial charge on any atom is 0.335 e. The van der Waals surface area contributed by atoms with Gasteiger partial charge in [0.1, 0.15) is 0 Å². The first kappa shape index (κ1) is 11.6. The van der Waals surface area contributed by atoms with Crippen LogP contribution < -0.4 is 0 Å². The molecule has 0 saturated carbocycles. The number of carboxylic acids is 1. The molecule has 0 unspecified atom stereocenters. The Kier molecular flexibility index (Phi) is 2.63. The second-order valence-electron chi connectivity index (χ2n) is 4.36. The molecule has 2 aromatic carbocycles. The van der Waals surface area contributed by atoms with Crippen LogP contribution in [0.2, 0.25) is 0 Å². The van der Waals surface area contributed by atoms with Gasteiger partial charge in [-0.05, 0) is 34.9 Å². The molecule has 0 spiro atoms. The molecular formula is C15H10FNO2. The first-order valence-corrected chi connectivity index (χ1v) is 5.82. The lowest BCUT2D eigenvalue weighted by Crippen LogP contribution is -1.96. The van der Waals surface area contributed by atoms with Crippen LogP contribution in [0.1, 0.15) is 21.5 Å². The van der Waals surface area contributed by atoms with Gasteiger partial charge in [0.05, 0.1) is 12.1 Å². The molecule has 94 valence electrons. The van der Waals surface area contributed by atoms with E-state index in [0.717, 1.165) is 16.7 Å². The molecule has 1 aliphatic heterocycles. The minimum atomic E-state index is -0.976. The van der Waals surface area contributed by atoms with E-state index in [1.54, 1.807) is 24.3 Å². The van der Waals surface area contributed by atoms with Gasteiger partial charge in [-0.2, -0.15) is 4.39 Å². The predicted molar refractivity (Wildman–Crippen MR) is 70.2 cm³/mol. The maximum atomic E-state index is 13.5. The number of rotatable bonds is 2. The van der Waals surface area contributed by atoms with E-state index < -0.39 is 11.9 Å². The number of aromatic carboxylic acids is 1. The molecule has 1 aliphatic rings. The van der Waals surface area contributed by atoms with Crippen molar-refractivity contribution in [3.8, 4) is 11.1 Å². The van der Waals surface area contributed by atoms with E-state index >= 15 is 0 Å². The van der Waals surface area contributed by atoms with Gasteiger partial charge in [0, 0.05) is 5.56 Å². The molecule has 3 rings (SSSR count). The number of hydrogen-bond donors (Lipinski definition) is 1. The normalized spacial score (nSPS) is 13.0. The number of halogens is 1. The van der Waals surface area contributed by atoms with E-state index in [4.69, 9.17) is 5.11 Å². The molecule has 2 aromatic rings. The highest BCUT2D eigenvalue weighted by atomic mass is 19.1. The third-order valence-corrected chi connectivity index (χ3v) is 3.16. The molecule has 4 heteroatoms. The van der Waals surface area contributed by atoms with Crippen LogP contribution in [0.3, 0.4) is 0 Å². The Morgan fingerprint density at radius 3 is 2.74 bits per heavy atom. The van der Waals surface area contributed by atoms with Crippen LogP contribution in [-0.2, 0) is 6.54 Å². The summed E-state index contributed by atoms with van der Waals surface area (Å²) in [6.45, 7) is 0.372. The highest BCUT2D eigenvalue weighted by molar-refractivity contribution is 5.98. The first-order chi connectivity index (χ1) is 9.15. The van der Waals surface area contributed by atoms with E-state index in [1.807, 2.05) is 12.1 Å². The van der Waals surface area contributed by atoms with Crippen LogP contribution in [0.25, 0.3) is 11.1 Å². The summed E-state index contributed by atoms with van der Waals surface area (Å²) in [5.41, 5.74) is 3.11. The summed E-state index contributed by atoms with van der Waals surface area (Å²) in [6, 6.07) is 12.0. The molecule has 19 heavy (non-hydrogen) atoms. The molecular weight excluding hydrogens is 245 g/mol. The number of benzene rings is 2. The number of hydrogen-bond acceptors (Lipinski definition) is 2. The third-order valence-electron chi connectivity index (χ3n) is 3.16. The van der Waals surface area contributed by atoms with E-state index in [9.17, 15) is 9.18 Å². The van der Waals surface area contributed by atoms with Crippen molar-refractivity contribution in [1.82, 2.24) is 0 Å². The van der Waals surface area contributed by atoms with Gasteiger partial charge in [0.2, 0.25) is 5.97 Å². The lowest BCUT2D eigenvalue weighted by molar-refractivity contribution is 0.0697. The van der Waals surface area contributed by atoms with E-state index in [-0.39, 0.29) is 5.56 Å². The van der Waals surface area contributed by atoms with Crippen molar-refractivity contribution in [3.05, 3.63) is 59.2 Å². The Bertz CT molecular complexity index is 707. The predicted octanol–water partition coefficient (Wildman–Crippen LogP) is 3.28. The van der Waals surface area contributed by atoms with Crippen LogP contribution in [0, 0.1) is 0 Å². The molecule has 3 nitrogen and oxygen atoms in total. The topological polar surface area (TPSA) is 49.7 Å². The van der Waals surface area contributed by atoms with Gasteiger partial charge in [0.25, 0.3) is 0 Å². The highest BCUT2D eigenvalue weighted by Crippen LogP contribution is 2.27. The zero-order valence-corrected chi connectivity index (χ0v) is 9.93. The number of aliphatic imine (C=N–C) groups is 1. The minimum absolute atomic E-state index is 0.215. The van der Waals surface area contributed by atoms with Crippen molar-refractivity contribution >= 4 is 11.9 Å². The summed E-state index contributed by atoms with van der Waals surface area (Å²) in [4.78, 5) is 14.7. The zero-order valence-electron chi connectivity index (χ0n) is 9.93. The Hall–Kier alpha value is -2.49. The van der Waals surface area contributed by atoms with Gasteiger partial charge in [-0.1, -0.05) is 24.3 Å². The van der Waals surface area contributed by atoms with E-state index in [0.29, 0.717) is 12.1 Å². The molecule has 0 amide bonds. The fourth-order valence-electron chi connectivity index (χ4n) is 2.16. The standard InChI is InChI=1S/C15H10FNO2/c16-14-13-7-10(4-5-12(13)8-17-14)9-2-1-3-11(6-9)15(18)19/h1-7H,8H2,(H,18,19). The molecule has 0 bridgehead atoms. The Morgan fingerprint density at radius 2 is 1.95 bits per heavy atom. The van der Waals surface area contributed by atoms with Crippen molar-refractivity contribution in [2.24, 2.45) is 4.99 Å². The summed E-state index contributed by atoms with van der Waals surface area (Å²) in [7, 11) is 0. The molecule has 0 saturated heterocycles. The van der Waals surface area contributed by atoms with Crippen LogP contribution in [0.5, 0.6) is 0 Å². The van der Waals surface area contributed by atoms with Gasteiger partial charge in [-0.25, -0.2) is 4.79 Å². The number of fused-ring (bicyclic) bond motifs is 1. The smallest absolute Gasteiger partial charge is 0.335 e. The van der Waals surface area contributed by atoms with Crippen LogP contribution in [-0.4, -0.2) is 17.0 Å². The summed E-state index contributed by atoms with van der Waals surface area (Å²) in [6.07, 6.45) is 0. The largest absolute Gasteiger partial charge is 0.478 e. The second kappa shape index (κ2) is 4.31. The van der Waals surface area contributed by atoms with E-state index in [1.165, 1.54) is 6.07 Å². The van der Waals surface area contributed by atoms with Crippen molar-refractivity contribution in [2.75, 3.05) is 0 Å². The second-order valence-corrected chi connectivity index (χ2v) is 4.36. The maximum absolute atomic E-state index is 13.5. The molecule has 0 aromatic heterocycles. The molecule has 0 atom stereocenters. The quantitative estimate of drug-likeness (QED) is 0.895. The van der Waals surface area contributed by atoms with Gasteiger partial charge in [0.15, 0.2) is 0 Å². The average molecular weight is 255 g/mol. The SMILES string of the molecule is O=C(O)c1cccc(-c2ccc3c(c2)C(F)=NC3)c1. The summed E-state index contributed by atoms with van der Waals surface area (Å²) in [5.74, 6) is -1.43. The summed E-state index contributed by atoms with van der Waals surface area (Å²) < 4.78 is 13.5. The van der Waals surface area contributed by atoms with Gasteiger partial charge in [-0.15, -0.1) is 0 Å². The molecule has 0 aliphatic carbocycles. The summed E-state index contributed by atoms with van der Waals surface area (Å²) in [5, 5.41) is 8.97. The zero-order chi connectivity index (χ0) is 13.4. The number of nitrogens with zero attached hydrogens (tertiary/aromatic N) is 1. The molecule has 1 N–H and O–H groups in total. The fourth-order valence-corrected chi connectivity index (χ4v) is 2.16. The van der Waals surface area contributed by atoms with Gasteiger partial charge >= 0.3 is 5.97 Å². The van der Waals surface area contributed by atoms with Crippen LogP contribution in [0.15, 0.2) is 47.5 Å². The Labute approximate surface area is 109 Å². The Morgan fingerprint density at radius 1 is 1.16 bits per heavy atom. The number of carboxylic acid groups (broad SMARTS) is 1. The lowest BCUT2D eigenvalue weighted by Gasteiger charge is -2.05. The average Bonchev–Trinajstić information content (AvgIpc) is 2.80. The van der Waals surface area contributed by atoms with E-state index in [2.05, 4.69) is 4.99 Å². The van der Waals surface area contributed by atoms with Crippen molar-refractivity contribution in [2.45, 2.75) is 6.54 Å². The molecule has 0 fully saturated rings.